The normalized spacial score (nSPS) is 19.4. The molecule has 0 saturated carbocycles. The first-order valence-corrected chi connectivity index (χ1v) is 8.36. The Morgan fingerprint density at radius 1 is 1.23 bits per heavy atom. The Morgan fingerprint density at radius 3 is 2.59 bits per heavy atom. The van der Waals surface area contributed by atoms with Gasteiger partial charge in [-0.25, -0.2) is 4.98 Å². The van der Waals surface area contributed by atoms with Crippen LogP contribution in [0.2, 0.25) is 0 Å². The highest BCUT2D eigenvalue weighted by molar-refractivity contribution is 7.13. The molecule has 116 valence electrons. The molecule has 1 aromatic heterocycles. The van der Waals surface area contributed by atoms with Crippen molar-refractivity contribution in [1.82, 2.24) is 14.8 Å². The predicted molar refractivity (Wildman–Crippen MR) is 89.3 cm³/mol. The number of hydrogen-bond acceptors (Lipinski definition) is 4. The minimum absolute atomic E-state index is 0.106. The fraction of sp³-hybridized carbons (Fsp3) is 0.412. The van der Waals surface area contributed by atoms with Crippen molar-refractivity contribution < 1.29 is 4.79 Å². The second-order valence-electron chi connectivity index (χ2n) is 5.83. The number of nitrogens with zero attached hydrogens (tertiary/aromatic N) is 3. The van der Waals surface area contributed by atoms with Gasteiger partial charge in [0.05, 0.1) is 16.7 Å². The summed E-state index contributed by atoms with van der Waals surface area (Å²) in [5.74, 6) is 0.116. The van der Waals surface area contributed by atoms with Crippen molar-refractivity contribution in [3.8, 4) is 0 Å². The van der Waals surface area contributed by atoms with Crippen LogP contribution in [0.1, 0.15) is 32.0 Å². The molecule has 22 heavy (non-hydrogen) atoms. The number of benzene rings is 1. The Labute approximate surface area is 135 Å². The van der Waals surface area contributed by atoms with Gasteiger partial charge in [-0.05, 0) is 26.5 Å². The molecule has 1 saturated heterocycles. The summed E-state index contributed by atoms with van der Waals surface area (Å²) in [7, 11) is 2.11. The van der Waals surface area contributed by atoms with Crippen LogP contribution in [-0.4, -0.2) is 47.4 Å². The minimum atomic E-state index is 0.106. The molecule has 0 spiro atoms. The van der Waals surface area contributed by atoms with E-state index < -0.39 is 0 Å². The molecule has 0 N–H and O–H groups in total. The highest BCUT2D eigenvalue weighted by Crippen LogP contribution is 2.29. The number of rotatable bonds is 2. The third-order valence-corrected chi connectivity index (χ3v) is 5.19. The molecule has 5 heteroatoms. The summed E-state index contributed by atoms with van der Waals surface area (Å²) in [6.07, 6.45) is 0. The lowest BCUT2D eigenvalue weighted by atomic mass is 10.0. The molecule has 1 fully saturated rings. The van der Waals surface area contributed by atoms with Gasteiger partial charge >= 0.3 is 0 Å². The molecule has 1 aliphatic heterocycles. The van der Waals surface area contributed by atoms with Gasteiger partial charge in [0.25, 0.3) is 5.91 Å². The first-order valence-electron chi connectivity index (χ1n) is 7.54. The van der Waals surface area contributed by atoms with Crippen molar-refractivity contribution in [2.24, 2.45) is 0 Å². The Morgan fingerprint density at radius 2 is 1.95 bits per heavy atom. The topological polar surface area (TPSA) is 36.4 Å². The zero-order valence-electron chi connectivity index (χ0n) is 13.2. The average molecular weight is 315 g/mol. The van der Waals surface area contributed by atoms with E-state index in [9.17, 15) is 4.79 Å². The van der Waals surface area contributed by atoms with Gasteiger partial charge in [0, 0.05) is 19.6 Å². The SMILES string of the molecule is Cc1nc(C)c(C(=O)N2CCN(C)CC2c2ccccc2)s1. The lowest BCUT2D eigenvalue weighted by molar-refractivity contribution is 0.0502. The molecule has 0 radical (unpaired) electrons. The number of carbonyl (C=O) groups excluding carboxylic acids is 1. The summed E-state index contributed by atoms with van der Waals surface area (Å²) >= 11 is 1.50. The number of aryl methyl sites for hydroxylation is 2. The summed E-state index contributed by atoms with van der Waals surface area (Å²) in [6.45, 7) is 6.40. The number of amides is 1. The van der Waals surface area contributed by atoms with Crippen molar-refractivity contribution in [3.63, 3.8) is 0 Å². The fourth-order valence-electron chi connectivity index (χ4n) is 2.98. The first-order chi connectivity index (χ1) is 10.6. The standard InChI is InChI=1S/C17H21N3OS/c1-12-16(22-13(2)18-12)17(21)20-10-9-19(3)11-15(20)14-7-5-4-6-8-14/h4-8,15H,9-11H2,1-3H3. The second kappa shape index (κ2) is 6.18. The molecule has 4 nitrogen and oxygen atoms in total. The molecule has 1 aliphatic rings. The lowest BCUT2D eigenvalue weighted by Gasteiger charge is -2.40. The van der Waals surface area contributed by atoms with Crippen LogP contribution in [0.5, 0.6) is 0 Å². The molecule has 0 bridgehead atoms. The number of carbonyl (C=O) groups is 1. The van der Waals surface area contributed by atoms with Gasteiger partial charge in [-0.2, -0.15) is 0 Å². The highest BCUT2D eigenvalue weighted by Gasteiger charge is 2.32. The Kier molecular flexibility index (Phi) is 4.27. The van der Waals surface area contributed by atoms with Crippen molar-refractivity contribution in [1.29, 1.82) is 0 Å². The van der Waals surface area contributed by atoms with E-state index in [1.165, 1.54) is 16.9 Å². The Hall–Kier alpha value is -1.72. The van der Waals surface area contributed by atoms with Gasteiger partial charge < -0.3 is 9.80 Å². The van der Waals surface area contributed by atoms with Crippen molar-refractivity contribution in [2.45, 2.75) is 19.9 Å². The van der Waals surface area contributed by atoms with Crippen LogP contribution >= 0.6 is 11.3 Å². The summed E-state index contributed by atoms with van der Waals surface area (Å²) in [4.78, 5) is 22.5. The molecule has 0 aliphatic carbocycles. The van der Waals surface area contributed by atoms with E-state index in [2.05, 4.69) is 29.1 Å². The zero-order valence-corrected chi connectivity index (χ0v) is 14.1. The maximum absolute atomic E-state index is 13.0. The third-order valence-electron chi connectivity index (χ3n) is 4.13. The van der Waals surface area contributed by atoms with Crippen LogP contribution in [-0.2, 0) is 0 Å². The Balaban J connectivity index is 1.93. The molecular formula is C17H21N3OS. The summed E-state index contributed by atoms with van der Waals surface area (Å²) in [6, 6.07) is 10.4. The monoisotopic (exact) mass is 315 g/mol. The fourth-order valence-corrected chi connectivity index (χ4v) is 3.86. The molecule has 1 aromatic carbocycles. The largest absolute Gasteiger partial charge is 0.328 e. The van der Waals surface area contributed by atoms with Crippen molar-refractivity contribution in [3.05, 3.63) is 51.5 Å². The van der Waals surface area contributed by atoms with E-state index >= 15 is 0 Å². The van der Waals surface area contributed by atoms with E-state index in [-0.39, 0.29) is 11.9 Å². The quantitative estimate of drug-likeness (QED) is 0.855. The number of thiazole rings is 1. The number of aromatic nitrogens is 1. The number of hydrogen-bond donors (Lipinski definition) is 0. The van der Waals surface area contributed by atoms with E-state index in [1.54, 1.807) is 0 Å². The van der Waals surface area contributed by atoms with E-state index in [1.807, 2.05) is 36.9 Å². The van der Waals surface area contributed by atoms with Crippen molar-refractivity contribution >= 4 is 17.2 Å². The van der Waals surface area contributed by atoms with Crippen LogP contribution in [0.3, 0.4) is 0 Å². The highest BCUT2D eigenvalue weighted by atomic mass is 32.1. The van der Waals surface area contributed by atoms with E-state index in [0.717, 1.165) is 35.2 Å². The maximum atomic E-state index is 13.0. The van der Waals surface area contributed by atoms with Crippen LogP contribution in [0, 0.1) is 13.8 Å². The van der Waals surface area contributed by atoms with Gasteiger partial charge in [-0.1, -0.05) is 30.3 Å². The summed E-state index contributed by atoms with van der Waals surface area (Å²) in [5, 5.41) is 0.950. The number of likely N-dealkylation sites (N-methyl/N-ethyl adjacent to an activating group) is 1. The molecule has 1 amide bonds. The molecule has 1 unspecified atom stereocenters. The Bertz CT molecular complexity index is 668. The zero-order chi connectivity index (χ0) is 15.7. The third kappa shape index (κ3) is 2.91. The minimum Gasteiger partial charge on any atom is -0.328 e. The maximum Gasteiger partial charge on any atom is 0.266 e. The molecule has 2 aromatic rings. The van der Waals surface area contributed by atoms with Crippen molar-refractivity contribution in [2.75, 3.05) is 26.7 Å². The van der Waals surface area contributed by atoms with Crippen LogP contribution in [0.25, 0.3) is 0 Å². The average Bonchev–Trinajstić information content (AvgIpc) is 2.86. The van der Waals surface area contributed by atoms with E-state index in [4.69, 9.17) is 0 Å². The van der Waals surface area contributed by atoms with Crippen LogP contribution < -0.4 is 0 Å². The molecular weight excluding hydrogens is 294 g/mol. The second-order valence-corrected chi connectivity index (χ2v) is 7.04. The van der Waals surface area contributed by atoms with Gasteiger partial charge in [0.1, 0.15) is 4.88 Å². The van der Waals surface area contributed by atoms with Gasteiger partial charge in [0.15, 0.2) is 0 Å². The van der Waals surface area contributed by atoms with Crippen LogP contribution in [0.15, 0.2) is 30.3 Å². The van der Waals surface area contributed by atoms with Gasteiger partial charge in [-0.15, -0.1) is 11.3 Å². The predicted octanol–water partition coefficient (Wildman–Crippen LogP) is 2.89. The van der Waals surface area contributed by atoms with Crippen LogP contribution in [0.4, 0.5) is 0 Å². The summed E-state index contributed by atoms with van der Waals surface area (Å²) < 4.78 is 0. The lowest BCUT2D eigenvalue weighted by Crippen LogP contribution is -2.49. The first kappa shape index (κ1) is 15.2. The molecule has 1 atom stereocenters. The van der Waals surface area contributed by atoms with Gasteiger partial charge in [0.2, 0.25) is 0 Å². The summed E-state index contributed by atoms with van der Waals surface area (Å²) in [5.41, 5.74) is 2.04. The molecule has 2 heterocycles. The van der Waals surface area contributed by atoms with E-state index in [0.29, 0.717) is 0 Å². The molecule has 3 rings (SSSR count). The smallest absolute Gasteiger partial charge is 0.266 e. The van der Waals surface area contributed by atoms with Gasteiger partial charge in [-0.3, -0.25) is 4.79 Å². The number of piperazine rings is 1.